The lowest BCUT2D eigenvalue weighted by Gasteiger charge is -2.33. The van der Waals surface area contributed by atoms with Crippen LogP contribution >= 0.6 is 15.9 Å². The summed E-state index contributed by atoms with van der Waals surface area (Å²) in [5.74, 6) is -4.93. The number of rotatable bonds is 5. The Balaban J connectivity index is 0.000000408. The molecular formula is C31H30BrF6N7O5. The first-order valence-electron chi connectivity index (χ1n) is 14.5. The second kappa shape index (κ2) is 16.5. The summed E-state index contributed by atoms with van der Waals surface area (Å²) in [5, 5.41) is 34.4. The summed E-state index contributed by atoms with van der Waals surface area (Å²) in [5.41, 5.74) is 8.00. The quantitative estimate of drug-likeness (QED) is 0.0660. The molecule has 8 N–H and O–H groups in total. The molecule has 0 saturated heterocycles. The van der Waals surface area contributed by atoms with Crippen molar-refractivity contribution in [3.63, 3.8) is 0 Å². The Bertz CT molecular complexity index is 1870. The first kappa shape index (κ1) is 39.2. The van der Waals surface area contributed by atoms with E-state index in [2.05, 4.69) is 36.9 Å². The van der Waals surface area contributed by atoms with Gasteiger partial charge in [-0.2, -0.15) is 31.3 Å². The lowest BCUT2D eigenvalue weighted by Crippen LogP contribution is -2.50. The molecule has 2 unspecified atom stereocenters. The maximum absolute atomic E-state index is 13.1. The van der Waals surface area contributed by atoms with Crippen molar-refractivity contribution in [1.82, 2.24) is 15.3 Å². The number of alkyl halides is 6. The number of guanidine groups is 1. The lowest BCUT2D eigenvalue weighted by atomic mass is 9.90. The minimum Gasteiger partial charge on any atom is -0.475 e. The van der Waals surface area contributed by atoms with Gasteiger partial charge >= 0.3 is 24.3 Å². The Morgan fingerprint density at radius 1 is 0.860 bits per heavy atom. The molecular weight excluding hydrogens is 744 g/mol. The number of nitrogens with two attached hydrogens (primary N) is 1. The minimum absolute atomic E-state index is 0.0294. The number of carboxylic acid groups (broad SMARTS) is 2. The number of fused-ring (bicyclic) bond motifs is 2. The molecule has 2 atom stereocenters. The van der Waals surface area contributed by atoms with Crippen LogP contribution in [0.1, 0.15) is 41.6 Å². The van der Waals surface area contributed by atoms with Gasteiger partial charge < -0.3 is 26.6 Å². The molecule has 1 heterocycles. The summed E-state index contributed by atoms with van der Waals surface area (Å²) in [7, 11) is 0. The third kappa shape index (κ3) is 11.5. The molecule has 0 radical (unpaired) electrons. The van der Waals surface area contributed by atoms with Crippen molar-refractivity contribution >= 4 is 73.2 Å². The zero-order valence-electron chi connectivity index (χ0n) is 25.9. The second-order valence-corrected chi connectivity index (χ2v) is 11.8. The van der Waals surface area contributed by atoms with Crippen LogP contribution in [0.15, 0.2) is 59.1 Å². The Kier molecular flexibility index (Phi) is 12.9. The number of amides is 1. The zero-order chi connectivity index (χ0) is 37.4. The average Bonchev–Trinajstić information content (AvgIpc) is 3.01. The van der Waals surface area contributed by atoms with E-state index < -0.39 is 24.3 Å². The highest BCUT2D eigenvalue weighted by molar-refractivity contribution is 9.10. The number of aliphatic carboxylic acids is 2. The molecule has 1 aliphatic carbocycles. The predicted molar refractivity (Wildman–Crippen MR) is 176 cm³/mol. The van der Waals surface area contributed by atoms with Gasteiger partial charge in [-0.05, 0) is 66.9 Å². The topological polar surface area (TPSA) is 203 Å². The molecule has 19 heteroatoms. The van der Waals surface area contributed by atoms with E-state index >= 15 is 0 Å². The van der Waals surface area contributed by atoms with Crippen molar-refractivity contribution in [3.8, 4) is 0 Å². The summed E-state index contributed by atoms with van der Waals surface area (Å²) in [6.45, 7) is 2.03. The number of hydrogen-bond acceptors (Lipinski definition) is 7. The molecule has 4 aromatic rings. The van der Waals surface area contributed by atoms with Gasteiger partial charge in [0, 0.05) is 27.5 Å². The number of hydrogen-bond donors (Lipinski definition) is 7. The first-order valence-corrected chi connectivity index (χ1v) is 15.3. The summed E-state index contributed by atoms with van der Waals surface area (Å²) in [4.78, 5) is 40.2. The van der Waals surface area contributed by atoms with Crippen molar-refractivity contribution in [3.05, 3.63) is 70.2 Å². The minimum atomic E-state index is -5.08. The van der Waals surface area contributed by atoms with Crippen molar-refractivity contribution in [2.24, 2.45) is 5.73 Å². The van der Waals surface area contributed by atoms with E-state index in [-0.39, 0.29) is 29.9 Å². The number of aryl methyl sites for hydroxylation is 1. The predicted octanol–water partition coefficient (Wildman–Crippen LogP) is 6.58. The fourth-order valence-electron chi connectivity index (χ4n) is 4.79. The summed E-state index contributed by atoms with van der Waals surface area (Å²) < 4.78 is 64.5. The maximum Gasteiger partial charge on any atom is 0.490 e. The van der Waals surface area contributed by atoms with E-state index in [0.717, 1.165) is 57.4 Å². The smallest absolute Gasteiger partial charge is 0.475 e. The number of halogens is 7. The largest absolute Gasteiger partial charge is 0.490 e. The Morgan fingerprint density at radius 3 is 2.00 bits per heavy atom. The average molecular weight is 775 g/mol. The third-order valence-electron chi connectivity index (χ3n) is 7.06. The van der Waals surface area contributed by atoms with Gasteiger partial charge in [-0.25, -0.2) is 14.6 Å². The van der Waals surface area contributed by atoms with Crippen LogP contribution in [-0.4, -0.2) is 68.4 Å². The molecule has 3 aromatic carbocycles. The fourth-order valence-corrected chi connectivity index (χ4v) is 5.17. The third-order valence-corrected chi connectivity index (χ3v) is 7.55. The number of nitrogens with zero attached hydrogens (tertiary/aromatic N) is 2. The number of anilines is 2. The highest BCUT2D eigenvalue weighted by Gasteiger charge is 2.39. The molecule has 268 valence electrons. The highest BCUT2D eigenvalue weighted by atomic mass is 79.9. The number of benzene rings is 3. The summed E-state index contributed by atoms with van der Waals surface area (Å²) in [6, 6.07) is 17.6. The molecule has 1 saturated carbocycles. The van der Waals surface area contributed by atoms with Crippen LogP contribution in [0, 0.1) is 12.3 Å². The van der Waals surface area contributed by atoms with Crippen molar-refractivity contribution in [2.75, 3.05) is 10.6 Å². The highest BCUT2D eigenvalue weighted by Crippen LogP contribution is 2.28. The van der Waals surface area contributed by atoms with Gasteiger partial charge in [0.1, 0.15) is 5.82 Å². The monoisotopic (exact) mass is 773 g/mol. The zero-order valence-corrected chi connectivity index (χ0v) is 27.5. The van der Waals surface area contributed by atoms with Crippen LogP contribution in [0.5, 0.6) is 0 Å². The molecule has 1 aromatic heterocycles. The molecule has 1 fully saturated rings. The molecule has 12 nitrogen and oxygen atoms in total. The molecule has 0 bridgehead atoms. The standard InChI is InChI=1S/C27H28BrN7O.2C2HF3O2/c1-15-6-11-21-20(12-15)24(31-22-4-2-3-5-23(22)32-26(29)30)34-27(33-21)35-25(36)18-8-7-17-14-19(28)10-9-16(17)13-18;2*3-2(4,5)1(6)7/h6-14,22-23H,2-5H2,1H3,(H4,29,30,32)(H2,31,33,34,35,36);2*(H,6,7). The van der Waals surface area contributed by atoms with Gasteiger partial charge in [0.25, 0.3) is 5.91 Å². The number of carboxylic acids is 2. The number of carbonyl (C=O) groups excluding carboxylic acids is 1. The summed E-state index contributed by atoms with van der Waals surface area (Å²) in [6.07, 6.45) is -6.16. The summed E-state index contributed by atoms with van der Waals surface area (Å²) >= 11 is 3.48. The Labute approximate surface area is 288 Å². The fraction of sp³-hybridized carbons (Fsp3) is 0.290. The van der Waals surface area contributed by atoms with Gasteiger partial charge in [-0.3, -0.25) is 15.5 Å². The molecule has 0 aliphatic heterocycles. The normalized spacial score (nSPS) is 15.8. The Morgan fingerprint density at radius 2 is 1.42 bits per heavy atom. The van der Waals surface area contributed by atoms with Gasteiger partial charge in [-0.1, -0.05) is 52.5 Å². The van der Waals surface area contributed by atoms with Crippen LogP contribution in [0.3, 0.4) is 0 Å². The maximum atomic E-state index is 13.1. The number of aromatic nitrogens is 2. The van der Waals surface area contributed by atoms with Gasteiger partial charge in [0.2, 0.25) is 5.95 Å². The second-order valence-electron chi connectivity index (χ2n) is 10.9. The van der Waals surface area contributed by atoms with Crippen LogP contribution in [0.4, 0.5) is 38.1 Å². The molecule has 50 heavy (non-hydrogen) atoms. The van der Waals surface area contributed by atoms with Crippen molar-refractivity contribution in [2.45, 2.75) is 57.0 Å². The van der Waals surface area contributed by atoms with Crippen LogP contribution in [0.25, 0.3) is 21.7 Å². The van der Waals surface area contributed by atoms with Gasteiger partial charge in [0.05, 0.1) is 5.52 Å². The van der Waals surface area contributed by atoms with Crippen LogP contribution in [0.2, 0.25) is 0 Å². The number of nitrogens with one attached hydrogen (secondary N) is 4. The van der Waals surface area contributed by atoms with E-state index in [4.69, 9.17) is 35.9 Å². The van der Waals surface area contributed by atoms with E-state index in [1.54, 1.807) is 6.07 Å². The first-order chi connectivity index (χ1) is 23.2. The van der Waals surface area contributed by atoms with Crippen LogP contribution in [-0.2, 0) is 9.59 Å². The van der Waals surface area contributed by atoms with Crippen molar-refractivity contribution in [1.29, 1.82) is 5.41 Å². The van der Waals surface area contributed by atoms with Crippen molar-refractivity contribution < 1.29 is 50.9 Å². The van der Waals surface area contributed by atoms with E-state index in [9.17, 15) is 31.1 Å². The molecule has 1 aliphatic rings. The molecule has 1 amide bonds. The van der Waals surface area contributed by atoms with E-state index in [0.29, 0.717) is 11.4 Å². The lowest BCUT2D eigenvalue weighted by molar-refractivity contribution is -0.193. The SMILES string of the molecule is Cc1ccc2nc(NC(=O)c3ccc4cc(Br)ccc4c3)nc(NC3CCCCC3NC(=N)N)c2c1.O=C(O)C(F)(F)F.O=C(O)C(F)(F)F. The van der Waals surface area contributed by atoms with E-state index in [1.807, 2.05) is 55.5 Å². The van der Waals surface area contributed by atoms with Gasteiger partial charge in [-0.15, -0.1) is 0 Å². The molecule has 5 rings (SSSR count). The van der Waals surface area contributed by atoms with Gasteiger partial charge in [0.15, 0.2) is 5.96 Å². The molecule has 0 spiro atoms. The van der Waals surface area contributed by atoms with E-state index in [1.165, 1.54) is 0 Å². The van der Waals surface area contributed by atoms with Crippen LogP contribution < -0.4 is 21.7 Å². The Hall–Kier alpha value is -5.20. The number of carbonyl (C=O) groups is 3.